The number of likely N-dealkylation sites (tertiary alicyclic amines) is 1. The van der Waals surface area contributed by atoms with Gasteiger partial charge in [0, 0.05) is 51.2 Å². The Morgan fingerprint density at radius 2 is 1.80 bits per heavy atom. The predicted octanol–water partition coefficient (Wildman–Crippen LogP) is 1.18. The summed E-state index contributed by atoms with van der Waals surface area (Å²) >= 11 is 0. The van der Waals surface area contributed by atoms with Crippen LogP contribution in [0.15, 0.2) is 0 Å². The fourth-order valence-corrected chi connectivity index (χ4v) is 3.75. The molecule has 0 bridgehead atoms. The van der Waals surface area contributed by atoms with Crippen LogP contribution >= 0.6 is 0 Å². The van der Waals surface area contributed by atoms with Crippen molar-refractivity contribution in [2.75, 3.05) is 32.7 Å². The number of carbonyl (C=O) groups excluding carboxylic acids is 2. The number of carbonyl (C=O) groups is 2. The molecule has 7 heteroatoms. The van der Waals surface area contributed by atoms with Gasteiger partial charge in [0.2, 0.25) is 5.91 Å². The lowest BCUT2D eigenvalue weighted by Crippen LogP contribution is -2.60. The average molecular weight is 354 g/mol. The third kappa shape index (κ3) is 5.85. The van der Waals surface area contributed by atoms with Crippen molar-refractivity contribution in [1.82, 2.24) is 20.4 Å². The minimum atomic E-state index is -0.130. The molecule has 2 saturated heterocycles. The molecule has 2 aliphatic heterocycles. The molecule has 0 radical (unpaired) electrons. The van der Waals surface area contributed by atoms with Crippen LogP contribution in [0.25, 0.3) is 0 Å². The molecule has 25 heavy (non-hydrogen) atoms. The fourth-order valence-electron chi connectivity index (χ4n) is 3.75. The van der Waals surface area contributed by atoms with Crippen LogP contribution in [-0.4, -0.2) is 78.3 Å². The lowest BCUT2D eigenvalue weighted by Gasteiger charge is -2.45. The number of urea groups is 1. The summed E-state index contributed by atoms with van der Waals surface area (Å²) < 4.78 is 5.80. The Balaban J connectivity index is 1.84. The molecule has 7 nitrogen and oxygen atoms in total. The van der Waals surface area contributed by atoms with Crippen LogP contribution in [0.3, 0.4) is 0 Å². The number of hydrogen-bond donors (Lipinski definition) is 2. The molecular formula is C18H34N4O3. The van der Waals surface area contributed by atoms with Crippen molar-refractivity contribution in [3.05, 3.63) is 0 Å². The van der Waals surface area contributed by atoms with Gasteiger partial charge in [-0.05, 0) is 40.5 Å². The van der Waals surface area contributed by atoms with Crippen LogP contribution in [0.4, 0.5) is 4.79 Å². The highest BCUT2D eigenvalue weighted by molar-refractivity contribution is 5.75. The van der Waals surface area contributed by atoms with E-state index in [1.807, 2.05) is 4.90 Å². The molecule has 2 fully saturated rings. The summed E-state index contributed by atoms with van der Waals surface area (Å²) in [5.74, 6) is -0.0380. The quantitative estimate of drug-likeness (QED) is 0.795. The molecule has 2 rings (SSSR count). The third-order valence-electron chi connectivity index (χ3n) is 5.06. The van der Waals surface area contributed by atoms with Crippen molar-refractivity contribution < 1.29 is 14.3 Å². The van der Waals surface area contributed by atoms with E-state index in [4.69, 9.17) is 4.74 Å². The Labute approximate surface area is 151 Å². The molecule has 2 heterocycles. The van der Waals surface area contributed by atoms with Crippen molar-refractivity contribution in [3.63, 3.8) is 0 Å². The zero-order valence-corrected chi connectivity index (χ0v) is 16.3. The Kier molecular flexibility index (Phi) is 6.68. The van der Waals surface area contributed by atoms with E-state index in [0.29, 0.717) is 13.1 Å². The molecule has 0 saturated carbocycles. The van der Waals surface area contributed by atoms with Gasteiger partial charge >= 0.3 is 6.03 Å². The molecule has 144 valence electrons. The first-order valence-electron chi connectivity index (χ1n) is 9.38. The van der Waals surface area contributed by atoms with Gasteiger partial charge in [-0.25, -0.2) is 4.79 Å². The summed E-state index contributed by atoms with van der Waals surface area (Å²) in [6.07, 6.45) is 2.26. The first kappa shape index (κ1) is 20.0. The van der Waals surface area contributed by atoms with E-state index in [0.717, 1.165) is 32.5 Å². The van der Waals surface area contributed by atoms with Crippen molar-refractivity contribution in [2.45, 2.75) is 71.2 Å². The van der Waals surface area contributed by atoms with E-state index in [-0.39, 0.29) is 35.7 Å². The minimum absolute atomic E-state index is 0.0380. The lowest BCUT2D eigenvalue weighted by molar-refractivity contribution is -0.119. The number of morpholine rings is 1. The van der Waals surface area contributed by atoms with Gasteiger partial charge in [-0.15, -0.1) is 0 Å². The smallest absolute Gasteiger partial charge is 0.317 e. The largest absolute Gasteiger partial charge is 0.373 e. The summed E-state index contributed by atoms with van der Waals surface area (Å²) in [5, 5.41) is 6.00. The van der Waals surface area contributed by atoms with Crippen LogP contribution in [0.2, 0.25) is 0 Å². The van der Waals surface area contributed by atoms with E-state index in [1.165, 1.54) is 6.92 Å². The molecule has 0 aliphatic carbocycles. The number of ether oxygens (including phenoxy) is 1. The van der Waals surface area contributed by atoms with Gasteiger partial charge in [0.15, 0.2) is 0 Å². The molecule has 0 aromatic carbocycles. The van der Waals surface area contributed by atoms with E-state index < -0.39 is 0 Å². The Bertz CT molecular complexity index is 473. The van der Waals surface area contributed by atoms with Crippen molar-refractivity contribution >= 4 is 11.9 Å². The van der Waals surface area contributed by atoms with Gasteiger partial charge in [0.05, 0.1) is 12.2 Å². The van der Waals surface area contributed by atoms with Gasteiger partial charge in [-0.1, -0.05) is 0 Å². The minimum Gasteiger partial charge on any atom is -0.373 e. The summed E-state index contributed by atoms with van der Waals surface area (Å²) in [7, 11) is 0. The topological polar surface area (TPSA) is 73.9 Å². The summed E-state index contributed by atoms with van der Waals surface area (Å²) in [6, 6.07) is 0.0171. The number of rotatable bonds is 4. The van der Waals surface area contributed by atoms with Crippen LogP contribution in [-0.2, 0) is 9.53 Å². The summed E-state index contributed by atoms with van der Waals surface area (Å²) in [6.45, 7) is 13.7. The second-order valence-electron chi connectivity index (χ2n) is 8.12. The number of amides is 3. The van der Waals surface area contributed by atoms with E-state index in [1.54, 1.807) is 0 Å². The second-order valence-corrected chi connectivity index (χ2v) is 8.12. The zero-order valence-electron chi connectivity index (χ0n) is 16.3. The van der Waals surface area contributed by atoms with Crippen LogP contribution in [0, 0.1) is 0 Å². The fraction of sp³-hybridized carbons (Fsp3) is 0.889. The summed E-state index contributed by atoms with van der Waals surface area (Å²) in [4.78, 5) is 28.0. The molecular weight excluding hydrogens is 320 g/mol. The first-order valence-corrected chi connectivity index (χ1v) is 9.38. The van der Waals surface area contributed by atoms with Gasteiger partial charge in [0.25, 0.3) is 0 Å². The molecule has 0 aromatic rings. The summed E-state index contributed by atoms with van der Waals surface area (Å²) in [5.41, 5.74) is -0.130. The molecule has 3 amide bonds. The molecule has 0 aromatic heterocycles. The predicted molar refractivity (Wildman–Crippen MR) is 97.5 cm³/mol. The molecule has 3 unspecified atom stereocenters. The number of hydrogen-bond acceptors (Lipinski definition) is 4. The average Bonchev–Trinajstić information content (AvgIpc) is 2.51. The maximum atomic E-state index is 12.5. The second kappa shape index (κ2) is 8.36. The van der Waals surface area contributed by atoms with E-state index >= 15 is 0 Å². The highest BCUT2D eigenvalue weighted by Crippen LogP contribution is 2.21. The van der Waals surface area contributed by atoms with Crippen molar-refractivity contribution in [2.24, 2.45) is 0 Å². The number of nitrogens with one attached hydrogen (secondary N) is 2. The van der Waals surface area contributed by atoms with Crippen molar-refractivity contribution in [3.8, 4) is 0 Å². The molecule has 3 atom stereocenters. The standard InChI is InChI=1S/C18H34N4O3/c1-13-9-22(10-14(2)25-13)18(4,5)12-19-17(24)21-8-6-7-16(11-21)20-15(3)23/h13-14,16H,6-12H2,1-5H3,(H,19,24)(H,20,23). The zero-order chi connectivity index (χ0) is 18.6. The monoisotopic (exact) mass is 354 g/mol. The SMILES string of the molecule is CC(=O)NC1CCCN(C(=O)NCC(C)(C)N2CC(C)OC(C)C2)C1. The Morgan fingerprint density at radius 1 is 1.16 bits per heavy atom. The maximum absolute atomic E-state index is 12.5. The van der Waals surface area contributed by atoms with Gasteiger partial charge in [0.1, 0.15) is 0 Å². The van der Waals surface area contributed by atoms with Crippen LogP contribution in [0.5, 0.6) is 0 Å². The van der Waals surface area contributed by atoms with E-state index in [9.17, 15) is 9.59 Å². The van der Waals surface area contributed by atoms with Gasteiger partial charge < -0.3 is 20.3 Å². The number of nitrogens with zero attached hydrogens (tertiary/aromatic N) is 2. The first-order chi connectivity index (χ1) is 11.7. The Morgan fingerprint density at radius 3 is 2.40 bits per heavy atom. The van der Waals surface area contributed by atoms with Crippen LogP contribution < -0.4 is 10.6 Å². The van der Waals surface area contributed by atoms with Gasteiger partial charge in [-0.2, -0.15) is 0 Å². The normalized spacial score (nSPS) is 28.5. The molecule has 0 spiro atoms. The van der Waals surface area contributed by atoms with Crippen molar-refractivity contribution in [1.29, 1.82) is 0 Å². The van der Waals surface area contributed by atoms with Crippen LogP contribution in [0.1, 0.15) is 47.5 Å². The lowest BCUT2D eigenvalue weighted by atomic mass is 10.00. The highest BCUT2D eigenvalue weighted by Gasteiger charge is 2.34. The highest BCUT2D eigenvalue weighted by atomic mass is 16.5. The molecule has 2 aliphatic rings. The maximum Gasteiger partial charge on any atom is 0.317 e. The Hall–Kier alpha value is -1.34. The molecule has 2 N–H and O–H groups in total. The number of piperidine rings is 1. The van der Waals surface area contributed by atoms with Gasteiger partial charge in [-0.3, -0.25) is 9.69 Å². The van der Waals surface area contributed by atoms with E-state index in [2.05, 4.69) is 43.2 Å². The third-order valence-corrected chi connectivity index (χ3v) is 5.06.